The molecule has 1 amide bonds. The van der Waals surface area contributed by atoms with Gasteiger partial charge >= 0.3 is 0 Å². The molecule has 1 fully saturated rings. The number of anilines is 1. The Hall–Kier alpha value is -1.62. The minimum Gasteiger partial charge on any atom is -0.352 e. The maximum absolute atomic E-state index is 11.9. The van der Waals surface area contributed by atoms with Crippen molar-refractivity contribution in [3.63, 3.8) is 0 Å². The van der Waals surface area contributed by atoms with E-state index in [4.69, 9.17) is 5.73 Å². The SMILES string of the molecule is CN(C)C(=O)c1ccc(N(CCN)C2CCCC2)nc1. The third-order valence-corrected chi connectivity index (χ3v) is 3.83. The first-order valence-corrected chi connectivity index (χ1v) is 7.28. The van der Waals surface area contributed by atoms with Crippen molar-refractivity contribution in [3.05, 3.63) is 23.9 Å². The Morgan fingerprint density at radius 2 is 2.05 bits per heavy atom. The van der Waals surface area contributed by atoms with Crippen molar-refractivity contribution >= 4 is 11.7 Å². The van der Waals surface area contributed by atoms with E-state index in [-0.39, 0.29) is 5.91 Å². The Morgan fingerprint density at radius 1 is 1.35 bits per heavy atom. The first-order valence-electron chi connectivity index (χ1n) is 7.28. The Morgan fingerprint density at radius 3 is 2.55 bits per heavy atom. The maximum atomic E-state index is 11.9. The van der Waals surface area contributed by atoms with Crippen molar-refractivity contribution in [1.29, 1.82) is 0 Å². The number of hydrogen-bond acceptors (Lipinski definition) is 4. The summed E-state index contributed by atoms with van der Waals surface area (Å²) in [4.78, 5) is 20.2. The molecule has 110 valence electrons. The topological polar surface area (TPSA) is 62.5 Å². The molecule has 2 N–H and O–H groups in total. The normalized spacial score (nSPS) is 15.3. The van der Waals surface area contributed by atoms with E-state index in [1.165, 1.54) is 25.7 Å². The lowest BCUT2D eigenvalue weighted by atomic mass is 10.2. The predicted molar refractivity (Wildman–Crippen MR) is 80.9 cm³/mol. The van der Waals surface area contributed by atoms with E-state index in [1.54, 1.807) is 25.2 Å². The van der Waals surface area contributed by atoms with Crippen LogP contribution >= 0.6 is 0 Å². The van der Waals surface area contributed by atoms with E-state index in [1.807, 2.05) is 12.1 Å². The number of pyridine rings is 1. The molecule has 1 aromatic rings. The van der Waals surface area contributed by atoms with Gasteiger partial charge in [0.15, 0.2) is 0 Å². The van der Waals surface area contributed by atoms with Crippen LogP contribution in [0.3, 0.4) is 0 Å². The molecule has 0 atom stereocenters. The minimum atomic E-state index is -0.0182. The zero-order valence-corrected chi connectivity index (χ0v) is 12.4. The van der Waals surface area contributed by atoms with Gasteiger partial charge in [-0.1, -0.05) is 12.8 Å². The molecule has 0 aliphatic heterocycles. The second-order valence-corrected chi connectivity index (χ2v) is 5.53. The summed E-state index contributed by atoms with van der Waals surface area (Å²) < 4.78 is 0. The van der Waals surface area contributed by atoms with Gasteiger partial charge in [0, 0.05) is 39.4 Å². The third kappa shape index (κ3) is 3.28. The van der Waals surface area contributed by atoms with E-state index in [2.05, 4.69) is 9.88 Å². The molecule has 0 unspecified atom stereocenters. The molecule has 5 heteroatoms. The third-order valence-electron chi connectivity index (χ3n) is 3.83. The average molecular weight is 276 g/mol. The van der Waals surface area contributed by atoms with Crippen molar-refractivity contribution in [2.45, 2.75) is 31.7 Å². The van der Waals surface area contributed by atoms with Crippen molar-refractivity contribution in [2.75, 3.05) is 32.1 Å². The highest BCUT2D eigenvalue weighted by Crippen LogP contribution is 2.26. The van der Waals surface area contributed by atoms with Crippen LogP contribution in [0.15, 0.2) is 18.3 Å². The molecule has 5 nitrogen and oxygen atoms in total. The summed E-state index contributed by atoms with van der Waals surface area (Å²) in [5, 5.41) is 0. The monoisotopic (exact) mass is 276 g/mol. The number of carbonyl (C=O) groups excluding carboxylic acids is 1. The number of hydrogen-bond donors (Lipinski definition) is 1. The number of amides is 1. The standard InChI is InChI=1S/C15H24N4O/c1-18(2)15(20)12-7-8-14(17-11-12)19(10-9-16)13-5-3-4-6-13/h7-8,11,13H,3-6,9-10,16H2,1-2H3. The molecular formula is C15H24N4O. The molecule has 0 aromatic carbocycles. The van der Waals surface area contributed by atoms with E-state index < -0.39 is 0 Å². The maximum Gasteiger partial charge on any atom is 0.254 e. The summed E-state index contributed by atoms with van der Waals surface area (Å²) >= 11 is 0. The fourth-order valence-electron chi connectivity index (χ4n) is 2.78. The van der Waals surface area contributed by atoms with Crippen LogP contribution in [0, 0.1) is 0 Å². The van der Waals surface area contributed by atoms with Gasteiger partial charge in [0.1, 0.15) is 5.82 Å². The molecule has 0 radical (unpaired) electrons. The van der Waals surface area contributed by atoms with Gasteiger partial charge < -0.3 is 15.5 Å². The molecule has 1 aromatic heterocycles. The van der Waals surface area contributed by atoms with Crippen molar-refractivity contribution in [1.82, 2.24) is 9.88 Å². The smallest absolute Gasteiger partial charge is 0.254 e. The summed E-state index contributed by atoms with van der Waals surface area (Å²) in [6.45, 7) is 1.44. The van der Waals surface area contributed by atoms with Gasteiger partial charge in [0.25, 0.3) is 5.91 Å². The molecule has 1 saturated carbocycles. The molecule has 20 heavy (non-hydrogen) atoms. The molecule has 1 aliphatic rings. The van der Waals surface area contributed by atoms with Crippen LogP contribution in [0.5, 0.6) is 0 Å². The lowest BCUT2D eigenvalue weighted by Crippen LogP contribution is -2.38. The Kier molecular flexibility index (Phi) is 4.95. The van der Waals surface area contributed by atoms with Crippen molar-refractivity contribution in [3.8, 4) is 0 Å². The van der Waals surface area contributed by atoms with Gasteiger partial charge in [0.2, 0.25) is 0 Å². The second kappa shape index (κ2) is 6.70. The highest BCUT2D eigenvalue weighted by Gasteiger charge is 2.23. The molecule has 2 rings (SSSR count). The van der Waals surface area contributed by atoms with E-state index in [9.17, 15) is 4.79 Å². The number of nitrogens with two attached hydrogens (primary N) is 1. The number of nitrogens with zero attached hydrogens (tertiary/aromatic N) is 3. The molecule has 0 spiro atoms. The van der Waals surface area contributed by atoms with Crippen LogP contribution in [0.2, 0.25) is 0 Å². The summed E-state index contributed by atoms with van der Waals surface area (Å²) in [6, 6.07) is 4.33. The summed E-state index contributed by atoms with van der Waals surface area (Å²) in [5.74, 6) is 0.910. The summed E-state index contributed by atoms with van der Waals surface area (Å²) in [6.07, 6.45) is 6.64. The average Bonchev–Trinajstić information content (AvgIpc) is 2.98. The first-order chi connectivity index (χ1) is 9.63. The zero-order chi connectivity index (χ0) is 14.5. The predicted octanol–water partition coefficient (Wildman–Crippen LogP) is 1.49. The molecule has 0 bridgehead atoms. The Balaban J connectivity index is 2.15. The quantitative estimate of drug-likeness (QED) is 0.885. The highest BCUT2D eigenvalue weighted by atomic mass is 16.2. The van der Waals surface area contributed by atoms with E-state index >= 15 is 0 Å². The molecule has 1 heterocycles. The van der Waals surface area contributed by atoms with Gasteiger partial charge in [-0.15, -0.1) is 0 Å². The number of aromatic nitrogens is 1. The summed E-state index contributed by atoms with van der Waals surface area (Å²) in [5.41, 5.74) is 6.35. The highest BCUT2D eigenvalue weighted by molar-refractivity contribution is 5.93. The van der Waals surface area contributed by atoms with Crippen LogP contribution in [-0.4, -0.2) is 49.0 Å². The Bertz CT molecular complexity index is 438. The van der Waals surface area contributed by atoms with Crippen LogP contribution in [0.1, 0.15) is 36.0 Å². The number of carbonyl (C=O) groups is 1. The van der Waals surface area contributed by atoms with E-state index in [0.717, 1.165) is 12.4 Å². The molecular weight excluding hydrogens is 252 g/mol. The lowest BCUT2D eigenvalue weighted by molar-refractivity contribution is 0.0827. The van der Waals surface area contributed by atoms with Crippen LogP contribution in [0.4, 0.5) is 5.82 Å². The molecule has 0 saturated heterocycles. The first kappa shape index (κ1) is 14.8. The van der Waals surface area contributed by atoms with Crippen molar-refractivity contribution < 1.29 is 4.79 Å². The lowest BCUT2D eigenvalue weighted by Gasteiger charge is -2.29. The fourth-order valence-corrected chi connectivity index (χ4v) is 2.78. The van der Waals surface area contributed by atoms with Gasteiger partial charge in [-0.05, 0) is 25.0 Å². The van der Waals surface area contributed by atoms with Gasteiger partial charge in [-0.25, -0.2) is 4.98 Å². The summed E-state index contributed by atoms with van der Waals surface area (Å²) in [7, 11) is 3.49. The molecule has 1 aliphatic carbocycles. The fraction of sp³-hybridized carbons (Fsp3) is 0.600. The van der Waals surface area contributed by atoms with Crippen molar-refractivity contribution in [2.24, 2.45) is 5.73 Å². The van der Waals surface area contributed by atoms with Crippen LogP contribution in [-0.2, 0) is 0 Å². The zero-order valence-electron chi connectivity index (χ0n) is 12.4. The largest absolute Gasteiger partial charge is 0.352 e. The Labute approximate surface area is 120 Å². The second-order valence-electron chi connectivity index (χ2n) is 5.53. The minimum absolute atomic E-state index is 0.0182. The van der Waals surface area contributed by atoms with Crippen LogP contribution < -0.4 is 10.6 Å². The van der Waals surface area contributed by atoms with Crippen LogP contribution in [0.25, 0.3) is 0 Å². The number of rotatable bonds is 5. The van der Waals surface area contributed by atoms with Gasteiger partial charge in [-0.2, -0.15) is 0 Å². The van der Waals surface area contributed by atoms with Gasteiger partial charge in [0.05, 0.1) is 5.56 Å². The van der Waals surface area contributed by atoms with Gasteiger partial charge in [-0.3, -0.25) is 4.79 Å². The van der Waals surface area contributed by atoms with E-state index in [0.29, 0.717) is 18.2 Å².